The quantitative estimate of drug-likeness (QED) is 0.550. The van der Waals surface area contributed by atoms with Crippen molar-refractivity contribution < 1.29 is 19.1 Å². The van der Waals surface area contributed by atoms with Crippen LogP contribution in [0.5, 0.6) is 0 Å². The molecule has 1 heterocycles. The molecule has 1 saturated heterocycles. The van der Waals surface area contributed by atoms with Crippen molar-refractivity contribution in [3.05, 3.63) is 64.2 Å². The Morgan fingerprint density at radius 2 is 1.71 bits per heavy atom. The highest BCUT2D eigenvalue weighted by molar-refractivity contribution is 6.30. The number of amides is 2. The summed E-state index contributed by atoms with van der Waals surface area (Å²) in [7, 11) is 0. The molecule has 0 N–H and O–H groups in total. The van der Waals surface area contributed by atoms with Crippen LogP contribution in [0.3, 0.4) is 0 Å². The normalized spacial score (nSPS) is 13.8. The summed E-state index contributed by atoms with van der Waals surface area (Å²) >= 11 is 5.88. The van der Waals surface area contributed by atoms with E-state index in [-0.39, 0.29) is 37.3 Å². The number of carbonyl (C=O) groups is 3. The third kappa shape index (κ3) is 6.58. The van der Waals surface area contributed by atoms with Crippen molar-refractivity contribution >= 4 is 35.1 Å². The van der Waals surface area contributed by atoms with E-state index in [0.717, 1.165) is 11.1 Å². The summed E-state index contributed by atoms with van der Waals surface area (Å²) in [6.45, 7) is 4.58. The van der Waals surface area contributed by atoms with E-state index in [1.807, 2.05) is 32.0 Å². The van der Waals surface area contributed by atoms with Crippen LogP contribution in [0.15, 0.2) is 42.5 Å². The number of halogens is 1. The lowest BCUT2D eigenvalue weighted by molar-refractivity contribution is -0.153. The molecule has 3 rings (SSSR count). The molecule has 0 spiro atoms. The summed E-state index contributed by atoms with van der Waals surface area (Å²) in [6, 6.07) is 14.5. The first-order chi connectivity index (χ1) is 16.3. The Labute approximate surface area is 204 Å². The lowest BCUT2D eigenvalue weighted by Crippen LogP contribution is -2.41. The minimum absolute atomic E-state index is 0.0970. The zero-order valence-electron chi connectivity index (χ0n) is 19.4. The zero-order valence-corrected chi connectivity index (χ0v) is 20.2. The van der Waals surface area contributed by atoms with Crippen LogP contribution in [0.2, 0.25) is 5.02 Å². The van der Waals surface area contributed by atoms with Gasteiger partial charge in [0.2, 0.25) is 0 Å². The summed E-state index contributed by atoms with van der Waals surface area (Å²) in [5, 5.41) is 9.55. The molecule has 8 heteroatoms. The predicted octanol–water partition coefficient (Wildman–Crippen LogP) is 4.30. The third-order valence-electron chi connectivity index (χ3n) is 5.81. The van der Waals surface area contributed by atoms with Gasteiger partial charge < -0.3 is 14.5 Å². The van der Waals surface area contributed by atoms with Gasteiger partial charge in [-0.3, -0.25) is 14.4 Å². The van der Waals surface area contributed by atoms with Gasteiger partial charge in [-0.05, 0) is 74.2 Å². The van der Waals surface area contributed by atoms with Gasteiger partial charge in [0.25, 0.3) is 11.8 Å². The summed E-state index contributed by atoms with van der Waals surface area (Å²) in [5.74, 6) is -1.27. The Kier molecular flexibility index (Phi) is 8.67. The van der Waals surface area contributed by atoms with E-state index in [0.29, 0.717) is 42.2 Å². The molecular formula is C26H28ClN3O4. The first-order valence-electron chi connectivity index (χ1n) is 11.3. The smallest absolute Gasteiger partial charge is 0.309 e. The maximum absolute atomic E-state index is 12.9. The highest BCUT2D eigenvalue weighted by atomic mass is 35.5. The molecule has 0 bridgehead atoms. The number of esters is 1. The zero-order chi connectivity index (χ0) is 24.7. The van der Waals surface area contributed by atoms with E-state index in [1.54, 1.807) is 29.2 Å². The molecule has 1 fully saturated rings. The van der Waals surface area contributed by atoms with Crippen LogP contribution in [0.25, 0.3) is 0 Å². The summed E-state index contributed by atoms with van der Waals surface area (Å²) in [5.41, 5.74) is 3.24. The van der Waals surface area contributed by atoms with Crippen LogP contribution in [-0.4, -0.2) is 48.9 Å². The fraction of sp³-hybridized carbons (Fsp3) is 0.385. The number of benzene rings is 2. The van der Waals surface area contributed by atoms with Crippen molar-refractivity contribution in [2.24, 2.45) is 5.92 Å². The molecule has 0 unspecified atom stereocenters. The number of aryl methyl sites for hydroxylation is 2. The molecule has 0 radical (unpaired) electrons. The van der Waals surface area contributed by atoms with Crippen molar-refractivity contribution in [2.75, 3.05) is 31.1 Å². The Morgan fingerprint density at radius 3 is 2.29 bits per heavy atom. The predicted molar refractivity (Wildman–Crippen MR) is 130 cm³/mol. The highest BCUT2D eigenvalue weighted by Gasteiger charge is 2.29. The van der Waals surface area contributed by atoms with Crippen molar-refractivity contribution in [2.45, 2.75) is 33.1 Å². The number of rotatable bonds is 7. The molecule has 2 aromatic rings. The van der Waals surface area contributed by atoms with Crippen molar-refractivity contribution in [1.82, 2.24) is 4.90 Å². The molecule has 0 atom stereocenters. The number of likely N-dealkylation sites (tertiary alicyclic amines) is 1. The Bertz CT molecular complexity index is 1070. The largest absolute Gasteiger partial charge is 0.455 e. The number of ether oxygens (including phenoxy) is 1. The maximum Gasteiger partial charge on any atom is 0.309 e. The number of anilines is 1. The van der Waals surface area contributed by atoms with Crippen LogP contribution in [0, 0.1) is 31.1 Å². The first kappa shape index (κ1) is 25.3. The summed E-state index contributed by atoms with van der Waals surface area (Å²) < 4.78 is 5.35. The Morgan fingerprint density at radius 1 is 1.09 bits per heavy atom. The molecule has 7 nitrogen and oxygen atoms in total. The van der Waals surface area contributed by atoms with Crippen molar-refractivity contribution in [3.8, 4) is 6.07 Å². The van der Waals surface area contributed by atoms with Gasteiger partial charge in [-0.2, -0.15) is 5.26 Å². The van der Waals surface area contributed by atoms with Gasteiger partial charge >= 0.3 is 5.97 Å². The van der Waals surface area contributed by atoms with Gasteiger partial charge in [-0.15, -0.1) is 0 Å². The van der Waals surface area contributed by atoms with E-state index in [1.165, 1.54) is 4.90 Å². The minimum Gasteiger partial charge on any atom is -0.455 e. The van der Waals surface area contributed by atoms with Crippen LogP contribution in [-0.2, 0) is 14.3 Å². The van der Waals surface area contributed by atoms with E-state index in [2.05, 4.69) is 6.07 Å². The van der Waals surface area contributed by atoms with Crippen molar-refractivity contribution in [3.63, 3.8) is 0 Å². The number of hydrogen-bond donors (Lipinski definition) is 0. The molecule has 0 aliphatic carbocycles. The standard InChI is InChI=1S/C26H28ClN3O4/c1-18-14-19(2)16-23(15-18)30(11-3-10-28)24(31)17-34-26(33)21-8-12-29(13-9-21)25(32)20-4-6-22(27)7-5-20/h4-7,14-16,21H,3,8-9,11-13,17H2,1-2H3. The Hall–Kier alpha value is -3.37. The molecule has 178 valence electrons. The molecule has 2 amide bonds. The van der Waals surface area contributed by atoms with Crippen molar-refractivity contribution in [1.29, 1.82) is 5.26 Å². The maximum atomic E-state index is 12.9. The third-order valence-corrected chi connectivity index (χ3v) is 6.06. The van der Waals surface area contributed by atoms with Crippen LogP contribution in [0.4, 0.5) is 5.69 Å². The highest BCUT2D eigenvalue weighted by Crippen LogP contribution is 2.22. The summed E-state index contributed by atoms with van der Waals surface area (Å²) in [6.07, 6.45) is 1.12. The van der Waals surface area contributed by atoms with Gasteiger partial charge in [0.1, 0.15) is 0 Å². The minimum atomic E-state index is -0.437. The second-order valence-corrected chi connectivity index (χ2v) is 8.92. The second-order valence-electron chi connectivity index (χ2n) is 8.48. The fourth-order valence-corrected chi connectivity index (χ4v) is 4.21. The topological polar surface area (TPSA) is 90.7 Å². The molecular weight excluding hydrogens is 454 g/mol. The SMILES string of the molecule is Cc1cc(C)cc(N(CCC#N)C(=O)COC(=O)C2CCN(C(=O)c3ccc(Cl)cc3)CC2)c1. The number of nitrogens with zero attached hydrogens (tertiary/aromatic N) is 3. The van der Waals surface area contributed by atoms with Gasteiger partial charge in [-0.25, -0.2) is 0 Å². The number of carbonyl (C=O) groups excluding carboxylic acids is 3. The van der Waals surface area contributed by atoms with Gasteiger partial charge in [0.05, 0.1) is 18.4 Å². The van der Waals surface area contributed by atoms with E-state index >= 15 is 0 Å². The molecule has 1 aliphatic rings. The molecule has 34 heavy (non-hydrogen) atoms. The van der Waals surface area contributed by atoms with E-state index in [9.17, 15) is 14.4 Å². The lowest BCUT2D eigenvalue weighted by atomic mass is 9.96. The monoisotopic (exact) mass is 481 g/mol. The average Bonchev–Trinajstić information content (AvgIpc) is 2.82. The fourth-order valence-electron chi connectivity index (χ4n) is 4.09. The second kappa shape index (κ2) is 11.7. The lowest BCUT2D eigenvalue weighted by Gasteiger charge is -2.31. The molecule has 0 aromatic heterocycles. The van der Waals surface area contributed by atoms with Crippen LogP contribution in [0.1, 0.15) is 40.7 Å². The van der Waals surface area contributed by atoms with Gasteiger partial charge in [-0.1, -0.05) is 17.7 Å². The Balaban J connectivity index is 1.54. The van der Waals surface area contributed by atoms with Crippen LogP contribution >= 0.6 is 11.6 Å². The molecule has 1 aliphatic heterocycles. The number of nitriles is 1. The summed E-state index contributed by atoms with van der Waals surface area (Å²) in [4.78, 5) is 41.3. The molecule has 0 saturated carbocycles. The number of hydrogen-bond acceptors (Lipinski definition) is 5. The average molecular weight is 482 g/mol. The first-order valence-corrected chi connectivity index (χ1v) is 11.6. The van der Waals surface area contributed by atoms with Gasteiger partial charge in [0, 0.05) is 35.9 Å². The van der Waals surface area contributed by atoms with E-state index in [4.69, 9.17) is 21.6 Å². The van der Waals surface area contributed by atoms with Crippen LogP contribution < -0.4 is 4.90 Å². The number of piperidine rings is 1. The van der Waals surface area contributed by atoms with Gasteiger partial charge in [0.15, 0.2) is 6.61 Å². The van der Waals surface area contributed by atoms with E-state index < -0.39 is 5.97 Å². The molecule has 2 aromatic carbocycles.